The zero-order valence-corrected chi connectivity index (χ0v) is 12.5. The van der Waals surface area contributed by atoms with E-state index in [0.29, 0.717) is 11.5 Å². The Morgan fingerprint density at radius 3 is 2.90 bits per heavy atom. The molecule has 1 unspecified atom stereocenters. The smallest absolute Gasteiger partial charge is 0.251 e. The van der Waals surface area contributed by atoms with Crippen molar-refractivity contribution in [1.82, 2.24) is 10.3 Å². The third-order valence-electron chi connectivity index (χ3n) is 4.04. The molecule has 110 valence electrons. The molecule has 1 aromatic heterocycles. The number of hydrogen-bond acceptors (Lipinski definition) is 3. The fourth-order valence-electron chi connectivity index (χ4n) is 2.79. The highest BCUT2D eigenvalue weighted by Gasteiger charge is 2.23. The van der Waals surface area contributed by atoms with Gasteiger partial charge in [0.1, 0.15) is 5.82 Å². The summed E-state index contributed by atoms with van der Waals surface area (Å²) in [6.07, 6.45) is 7.79. The zero-order chi connectivity index (χ0) is 14.4. The van der Waals surface area contributed by atoms with Gasteiger partial charge < -0.3 is 10.6 Å². The molecule has 0 saturated heterocycles. The number of carbonyl (C=O) groups is 1. The van der Waals surface area contributed by atoms with E-state index in [4.69, 9.17) is 0 Å². The predicted molar refractivity (Wildman–Crippen MR) is 81.9 cm³/mol. The monoisotopic (exact) mass is 275 g/mol. The lowest BCUT2D eigenvalue weighted by Gasteiger charge is -2.20. The molecule has 1 aromatic rings. The van der Waals surface area contributed by atoms with Crippen molar-refractivity contribution in [3.8, 4) is 0 Å². The predicted octanol–water partition coefficient (Wildman–Crippen LogP) is 3.21. The number of nitrogens with one attached hydrogen (secondary N) is 2. The van der Waals surface area contributed by atoms with E-state index in [1.165, 1.54) is 25.7 Å². The van der Waals surface area contributed by atoms with E-state index >= 15 is 0 Å². The first-order valence-corrected chi connectivity index (χ1v) is 7.71. The Hall–Kier alpha value is -1.58. The van der Waals surface area contributed by atoms with Crippen LogP contribution in [-0.4, -0.2) is 23.5 Å². The zero-order valence-electron chi connectivity index (χ0n) is 12.5. The summed E-state index contributed by atoms with van der Waals surface area (Å²) in [5.41, 5.74) is 0.684. The van der Waals surface area contributed by atoms with E-state index < -0.39 is 0 Å². The average Bonchev–Trinajstić information content (AvgIpc) is 2.99. The standard InChI is InChI=1S/C16H25N3O/c1-3-9-17-15-11-14(8-10-18-15)16(20)19-12(2)13-6-4-5-7-13/h8,10-13H,3-7,9H2,1-2H3,(H,17,18)(H,19,20). The van der Waals surface area contributed by atoms with E-state index in [2.05, 4.69) is 29.5 Å². The third kappa shape index (κ3) is 3.95. The van der Waals surface area contributed by atoms with Crippen LogP contribution in [0.3, 0.4) is 0 Å². The molecular formula is C16H25N3O. The maximum Gasteiger partial charge on any atom is 0.251 e. The number of nitrogens with zero attached hydrogens (tertiary/aromatic N) is 1. The van der Waals surface area contributed by atoms with Crippen molar-refractivity contribution in [2.75, 3.05) is 11.9 Å². The minimum Gasteiger partial charge on any atom is -0.370 e. The molecule has 1 heterocycles. The van der Waals surface area contributed by atoms with Gasteiger partial charge in [-0.1, -0.05) is 19.8 Å². The van der Waals surface area contributed by atoms with Crippen molar-refractivity contribution in [2.45, 2.75) is 52.0 Å². The van der Waals surface area contributed by atoms with Crippen LogP contribution in [0.2, 0.25) is 0 Å². The molecule has 0 aromatic carbocycles. The number of amides is 1. The molecule has 1 aliphatic carbocycles. The molecular weight excluding hydrogens is 250 g/mol. The molecule has 4 heteroatoms. The van der Waals surface area contributed by atoms with Gasteiger partial charge in [0.15, 0.2) is 0 Å². The van der Waals surface area contributed by atoms with Gasteiger partial charge in [0.25, 0.3) is 5.91 Å². The molecule has 1 aliphatic rings. The Bertz CT molecular complexity index is 441. The summed E-state index contributed by atoms with van der Waals surface area (Å²) in [5, 5.41) is 6.33. The van der Waals surface area contributed by atoms with Crippen LogP contribution in [0.15, 0.2) is 18.3 Å². The van der Waals surface area contributed by atoms with E-state index in [1.807, 2.05) is 6.07 Å². The van der Waals surface area contributed by atoms with Crippen LogP contribution in [0.1, 0.15) is 56.3 Å². The highest BCUT2D eigenvalue weighted by atomic mass is 16.1. The largest absolute Gasteiger partial charge is 0.370 e. The van der Waals surface area contributed by atoms with Crippen LogP contribution in [0, 0.1) is 5.92 Å². The molecule has 0 bridgehead atoms. The van der Waals surface area contributed by atoms with Crippen molar-refractivity contribution < 1.29 is 4.79 Å². The number of pyridine rings is 1. The summed E-state index contributed by atoms with van der Waals surface area (Å²) < 4.78 is 0. The molecule has 0 aliphatic heterocycles. The second kappa shape index (κ2) is 7.27. The Morgan fingerprint density at radius 1 is 1.45 bits per heavy atom. The van der Waals surface area contributed by atoms with E-state index in [9.17, 15) is 4.79 Å². The second-order valence-corrected chi connectivity index (χ2v) is 5.66. The quantitative estimate of drug-likeness (QED) is 0.838. The van der Waals surface area contributed by atoms with E-state index in [0.717, 1.165) is 18.8 Å². The Labute approximate surface area is 121 Å². The maximum absolute atomic E-state index is 12.3. The number of hydrogen-bond donors (Lipinski definition) is 2. The van der Waals surface area contributed by atoms with Crippen LogP contribution < -0.4 is 10.6 Å². The Morgan fingerprint density at radius 2 is 2.20 bits per heavy atom. The van der Waals surface area contributed by atoms with E-state index in [1.54, 1.807) is 12.3 Å². The minimum atomic E-state index is 0.00588. The van der Waals surface area contributed by atoms with Crippen molar-refractivity contribution in [3.05, 3.63) is 23.9 Å². The van der Waals surface area contributed by atoms with Crippen molar-refractivity contribution in [1.29, 1.82) is 0 Å². The summed E-state index contributed by atoms with van der Waals surface area (Å²) in [6.45, 7) is 5.09. The van der Waals surface area contributed by atoms with Gasteiger partial charge in [-0.2, -0.15) is 0 Å². The number of aromatic nitrogens is 1. The average molecular weight is 275 g/mol. The molecule has 1 atom stereocenters. The summed E-state index contributed by atoms with van der Waals surface area (Å²) in [4.78, 5) is 16.5. The van der Waals surface area contributed by atoms with Gasteiger partial charge in [0.05, 0.1) is 0 Å². The molecule has 0 spiro atoms. The molecule has 1 fully saturated rings. The SMILES string of the molecule is CCCNc1cc(C(=O)NC(C)C2CCCC2)ccn1. The van der Waals surface area contributed by atoms with Crippen LogP contribution in [0.4, 0.5) is 5.82 Å². The lowest BCUT2D eigenvalue weighted by Crippen LogP contribution is -2.37. The highest BCUT2D eigenvalue weighted by molar-refractivity contribution is 5.94. The van der Waals surface area contributed by atoms with Crippen LogP contribution in [-0.2, 0) is 0 Å². The van der Waals surface area contributed by atoms with Gasteiger partial charge >= 0.3 is 0 Å². The highest BCUT2D eigenvalue weighted by Crippen LogP contribution is 2.27. The van der Waals surface area contributed by atoms with Gasteiger partial charge in [0.2, 0.25) is 0 Å². The normalized spacial score (nSPS) is 16.9. The van der Waals surface area contributed by atoms with Gasteiger partial charge in [0, 0.05) is 24.3 Å². The van der Waals surface area contributed by atoms with Crippen LogP contribution >= 0.6 is 0 Å². The molecule has 1 saturated carbocycles. The van der Waals surface area contributed by atoms with Gasteiger partial charge in [-0.25, -0.2) is 4.98 Å². The first-order valence-electron chi connectivity index (χ1n) is 7.71. The first kappa shape index (κ1) is 14.8. The summed E-state index contributed by atoms with van der Waals surface area (Å²) in [7, 11) is 0. The molecule has 4 nitrogen and oxygen atoms in total. The lowest BCUT2D eigenvalue weighted by atomic mass is 9.99. The number of rotatable bonds is 6. The maximum atomic E-state index is 12.3. The van der Waals surface area contributed by atoms with Crippen LogP contribution in [0.5, 0.6) is 0 Å². The first-order chi connectivity index (χ1) is 9.70. The summed E-state index contributed by atoms with van der Waals surface area (Å²) in [6, 6.07) is 3.85. The molecule has 2 N–H and O–H groups in total. The Kier molecular flexibility index (Phi) is 5.39. The van der Waals surface area contributed by atoms with Crippen molar-refractivity contribution in [2.24, 2.45) is 5.92 Å². The fraction of sp³-hybridized carbons (Fsp3) is 0.625. The lowest BCUT2D eigenvalue weighted by molar-refractivity contribution is 0.0927. The Balaban J connectivity index is 1.94. The molecule has 0 radical (unpaired) electrons. The summed E-state index contributed by atoms with van der Waals surface area (Å²) >= 11 is 0. The van der Waals surface area contributed by atoms with Gasteiger partial charge in [-0.05, 0) is 44.2 Å². The fourth-order valence-corrected chi connectivity index (χ4v) is 2.79. The van der Waals surface area contributed by atoms with Crippen molar-refractivity contribution in [3.63, 3.8) is 0 Å². The summed E-state index contributed by atoms with van der Waals surface area (Å²) in [5.74, 6) is 1.41. The molecule has 20 heavy (non-hydrogen) atoms. The third-order valence-corrected chi connectivity index (χ3v) is 4.04. The van der Waals surface area contributed by atoms with Gasteiger partial charge in [-0.3, -0.25) is 4.79 Å². The molecule has 2 rings (SSSR count). The van der Waals surface area contributed by atoms with Crippen molar-refractivity contribution >= 4 is 11.7 Å². The van der Waals surface area contributed by atoms with Gasteiger partial charge in [-0.15, -0.1) is 0 Å². The molecule has 1 amide bonds. The number of carbonyl (C=O) groups excluding carboxylic acids is 1. The second-order valence-electron chi connectivity index (χ2n) is 5.66. The van der Waals surface area contributed by atoms with E-state index in [-0.39, 0.29) is 11.9 Å². The number of anilines is 1. The minimum absolute atomic E-state index is 0.00588. The van der Waals surface area contributed by atoms with Crippen LogP contribution in [0.25, 0.3) is 0 Å². The topological polar surface area (TPSA) is 54.0 Å².